The predicted molar refractivity (Wildman–Crippen MR) is 76.9 cm³/mol. The molecule has 2 N–H and O–H groups in total. The molecule has 2 aromatic heterocycles. The summed E-state index contributed by atoms with van der Waals surface area (Å²) >= 11 is 3.39. The summed E-state index contributed by atoms with van der Waals surface area (Å²) in [6, 6.07) is 9.17. The summed E-state index contributed by atoms with van der Waals surface area (Å²) in [5.74, 6) is -0.193. The lowest BCUT2D eigenvalue weighted by molar-refractivity contribution is 0.614. The molecule has 0 spiro atoms. The van der Waals surface area contributed by atoms with Gasteiger partial charge in [0.15, 0.2) is 0 Å². The molecular formula is C14H12FNS2. The normalized spacial score (nSPS) is 13.1. The molecule has 0 saturated carbocycles. The fraction of sp³-hybridized carbons (Fsp3) is 0.143. The second kappa shape index (κ2) is 4.46. The Labute approximate surface area is 113 Å². The Morgan fingerprint density at radius 2 is 2.00 bits per heavy atom. The summed E-state index contributed by atoms with van der Waals surface area (Å²) in [5, 5.41) is 2.07. The van der Waals surface area contributed by atoms with Crippen molar-refractivity contribution < 1.29 is 4.39 Å². The van der Waals surface area contributed by atoms with Crippen LogP contribution in [0.1, 0.15) is 22.0 Å². The van der Waals surface area contributed by atoms with Gasteiger partial charge in [-0.25, -0.2) is 4.39 Å². The number of hydrogen-bond donors (Lipinski definition) is 1. The highest BCUT2D eigenvalue weighted by Crippen LogP contribution is 2.35. The molecule has 0 radical (unpaired) electrons. The lowest BCUT2D eigenvalue weighted by Gasteiger charge is -2.10. The largest absolute Gasteiger partial charge is 0.320 e. The third kappa shape index (κ3) is 1.96. The Bertz CT molecular complexity index is 670. The van der Waals surface area contributed by atoms with Gasteiger partial charge in [0.05, 0.1) is 6.04 Å². The molecule has 0 saturated heterocycles. The first kappa shape index (κ1) is 11.8. The zero-order valence-electron chi connectivity index (χ0n) is 9.81. The highest BCUT2D eigenvalue weighted by molar-refractivity contribution is 7.27. The Balaban J connectivity index is 2.00. The molecule has 0 aliphatic heterocycles. The lowest BCUT2D eigenvalue weighted by atomic mass is 10.0. The van der Waals surface area contributed by atoms with Crippen LogP contribution in [-0.2, 0) is 0 Å². The molecule has 0 amide bonds. The molecule has 3 rings (SSSR count). The van der Waals surface area contributed by atoms with Crippen LogP contribution in [0.2, 0.25) is 0 Å². The van der Waals surface area contributed by atoms with E-state index in [1.54, 1.807) is 35.7 Å². The minimum Gasteiger partial charge on any atom is -0.320 e. The van der Waals surface area contributed by atoms with Gasteiger partial charge in [0, 0.05) is 14.3 Å². The van der Waals surface area contributed by atoms with Crippen molar-refractivity contribution in [3.05, 3.63) is 57.5 Å². The van der Waals surface area contributed by atoms with E-state index in [4.69, 9.17) is 5.73 Å². The first-order valence-electron chi connectivity index (χ1n) is 5.64. The van der Waals surface area contributed by atoms with Crippen molar-refractivity contribution in [2.75, 3.05) is 0 Å². The first-order chi connectivity index (χ1) is 8.65. The Hall–Kier alpha value is -1.23. The van der Waals surface area contributed by atoms with Gasteiger partial charge in [0.1, 0.15) is 5.82 Å². The van der Waals surface area contributed by atoms with E-state index in [-0.39, 0.29) is 11.9 Å². The van der Waals surface area contributed by atoms with Crippen LogP contribution < -0.4 is 5.73 Å². The van der Waals surface area contributed by atoms with Gasteiger partial charge in [-0.15, -0.1) is 22.7 Å². The zero-order chi connectivity index (χ0) is 12.7. The smallest absolute Gasteiger partial charge is 0.126 e. The number of benzene rings is 1. The number of fused-ring (bicyclic) bond motifs is 1. The van der Waals surface area contributed by atoms with E-state index < -0.39 is 0 Å². The molecule has 3 aromatic rings. The molecule has 1 nitrogen and oxygen atoms in total. The van der Waals surface area contributed by atoms with Crippen LogP contribution in [0.15, 0.2) is 35.7 Å². The van der Waals surface area contributed by atoms with Gasteiger partial charge < -0.3 is 5.73 Å². The number of rotatable bonds is 2. The number of thiophene rings is 2. The van der Waals surface area contributed by atoms with Crippen LogP contribution in [0, 0.1) is 12.7 Å². The minimum atomic E-state index is -0.246. The molecule has 92 valence electrons. The Morgan fingerprint density at radius 3 is 2.72 bits per heavy atom. The van der Waals surface area contributed by atoms with Crippen molar-refractivity contribution in [3.63, 3.8) is 0 Å². The second-order valence-electron chi connectivity index (χ2n) is 4.28. The van der Waals surface area contributed by atoms with Crippen molar-refractivity contribution in [1.82, 2.24) is 0 Å². The Morgan fingerprint density at radius 1 is 1.17 bits per heavy atom. The van der Waals surface area contributed by atoms with E-state index in [2.05, 4.69) is 17.5 Å². The Kier molecular flexibility index (Phi) is 2.93. The van der Waals surface area contributed by atoms with Gasteiger partial charge in [-0.1, -0.05) is 12.1 Å². The molecule has 0 aliphatic rings. The lowest BCUT2D eigenvalue weighted by Crippen LogP contribution is -2.10. The zero-order valence-corrected chi connectivity index (χ0v) is 11.4. The second-order valence-corrected chi connectivity index (χ2v) is 6.35. The summed E-state index contributed by atoms with van der Waals surface area (Å²) in [7, 11) is 0. The van der Waals surface area contributed by atoms with Gasteiger partial charge >= 0.3 is 0 Å². The third-order valence-electron chi connectivity index (χ3n) is 3.02. The van der Waals surface area contributed by atoms with E-state index >= 15 is 0 Å². The number of aryl methyl sites for hydroxylation is 1. The van der Waals surface area contributed by atoms with Crippen molar-refractivity contribution in [2.24, 2.45) is 5.73 Å². The summed E-state index contributed by atoms with van der Waals surface area (Å²) < 4.78 is 16.0. The maximum atomic E-state index is 13.5. The van der Waals surface area contributed by atoms with Crippen LogP contribution in [0.25, 0.3) is 9.40 Å². The molecule has 18 heavy (non-hydrogen) atoms. The molecule has 2 heterocycles. The summed E-state index contributed by atoms with van der Waals surface area (Å²) in [6.07, 6.45) is 0. The number of halogens is 1. The summed E-state index contributed by atoms with van der Waals surface area (Å²) in [6.45, 7) is 1.76. The molecule has 1 unspecified atom stereocenters. The van der Waals surface area contributed by atoms with Gasteiger partial charge in [-0.3, -0.25) is 0 Å². The van der Waals surface area contributed by atoms with Crippen LogP contribution in [-0.4, -0.2) is 0 Å². The van der Waals surface area contributed by atoms with Crippen LogP contribution in [0.4, 0.5) is 4.39 Å². The van der Waals surface area contributed by atoms with Crippen LogP contribution >= 0.6 is 22.7 Å². The quantitative estimate of drug-likeness (QED) is 0.735. The van der Waals surface area contributed by atoms with Crippen LogP contribution in [0.3, 0.4) is 0 Å². The minimum absolute atomic E-state index is 0.193. The molecule has 4 heteroatoms. The van der Waals surface area contributed by atoms with Gasteiger partial charge in [-0.05, 0) is 41.6 Å². The van der Waals surface area contributed by atoms with Crippen molar-refractivity contribution in [3.8, 4) is 0 Å². The average molecular weight is 277 g/mol. The third-order valence-corrected chi connectivity index (χ3v) is 5.20. The monoisotopic (exact) mass is 277 g/mol. The van der Waals surface area contributed by atoms with E-state index in [9.17, 15) is 4.39 Å². The topological polar surface area (TPSA) is 26.0 Å². The molecule has 0 aliphatic carbocycles. The maximum absolute atomic E-state index is 13.5. The SMILES string of the molecule is Cc1ccc(C(N)c2cc3sccc3s2)cc1F. The predicted octanol–water partition coefficient (Wildman–Crippen LogP) is 4.46. The fourth-order valence-corrected chi connectivity index (χ4v) is 4.05. The van der Waals surface area contributed by atoms with Crippen molar-refractivity contribution >= 4 is 32.1 Å². The summed E-state index contributed by atoms with van der Waals surface area (Å²) in [5.41, 5.74) is 7.68. The van der Waals surface area contributed by atoms with Crippen molar-refractivity contribution in [1.29, 1.82) is 0 Å². The molecule has 1 aromatic carbocycles. The molecule has 0 fully saturated rings. The average Bonchev–Trinajstić information content (AvgIpc) is 2.92. The maximum Gasteiger partial charge on any atom is 0.126 e. The van der Waals surface area contributed by atoms with E-state index in [1.807, 2.05) is 6.07 Å². The summed E-state index contributed by atoms with van der Waals surface area (Å²) in [4.78, 5) is 1.08. The van der Waals surface area contributed by atoms with E-state index in [0.717, 1.165) is 10.4 Å². The highest BCUT2D eigenvalue weighted by atomic mass is 32.1. The molecule has 0 bridgehead atoms. The van der Waals surface area contributed by atoms with E-state index in [1.165, 1.54) is 15.5 Å². The first-order valence-corrected chi connectivity index (χ1v) is 7.33. The van der Waals surface area contributed by atoms with Crippen molar-refractivity contribution in [2.45, 2.75) is 13.0 Å². The molecule has 1 atom stereocenters. The standard InChI is InChI=1S/C14H12FNS2/c1-8-2-3-9(6-10(8)15)14(16)13-7-12-11(18-13)4-5-17-12/h2-7,14H,16H2,1H3. The highest BCUT2D eigenvalue weighted by Gasteiger charge is 2.14. The molecular weight excluding hydrogens is 265 g/mol. The number of hydrogen-bond acceptors (Lipinski definition) is 3. The van der Waals surface area contributed by atoms with Gasteiger partial charge in [0.25, 0.3) is 0 Å². The van der Waals surface area contributed by atoms with E-state index in [0.29, 0.717) is 5.56 Å². The van der Waals surface area contributed by atoms with Crippen LogP contribution in [0.5, 0.6) is 0 Å². The number of nitrogens with two attached hydrogens (primary N) is 1. The van der Waals surface area contributed by atoms with Gasteiger partial charge in [0.2, 0.25) is 0 Å². The fourth-order valence-electron chi connectivity index (χ4n) is 1.90. The van der Waals surface area contributed by atoms with Gasteiger partial charge in [-0.2, -0.15) is 0 Å².